The number of amides is 2. The molecule has 4 heterocycles. The first-order valence-corrected chi connectivity index (χ1v) is 12.3. The minimum atomic E-state index is -4.65. The number of nitrogens with zero attached hydrogens (tertiary/aromatic N) is 5. The lowest BCUT2D eigenvalue weighted by Gasteiger charge is -2.37. The largest absolute Gasteiger partial charge is 0.470 e. The molecule has 204 valence electrons. The number of hydrogen-bond acceptors (Lipinski definition) is 7. The van der Waals surface area contributed by atoms with Crippen molar-refractivity contribution >= 4 is 28.4 Å². The molecule has 38 heavy (non-hydrogen) atoms. The Bertz CT molecular complexity index is 1400. The summed E-state index contributed by atoms with van der Waals surface area (Å²) in [6.07, 6.45) is -0.336. The minimum absolute atomic E-state index is 0.175. The van der Waals surface area contributed by atoms with Crippen LogP contribution in [0.3, 0.4) is 0 Å². The van der Waals surface area contributed by atoms with E-state index in [9.17, 15) is 27.9 Å². The SMILES string of the molecule is CN(C(=O)Nc1cc(C(F)(F)F)cn(C)c1=O)C1CCN(c2cnc3[nH]nc(OC4CCC4O)c3c2)CC1. The molecule has 1 aliphatic heterocycles. The van der Waals surface area contributed by atoms with Crippen molar-refractivity contribution in [3.8, 4) is 5.88 Å². The molecule has 0 spiro atoms. The van der Waals surface area contributed by atoms with Crippen LogP contribution in [-0.2, 0) is 13.2 Å². The molecule has 5 rings (SSSR count). The molecule has 3 aromatic heterocycles. The fourth-order valence-corrected chi connectivity index (χ4v) is 4.70. The van der Waals surface area contributed by atoms with Gasteiger partial charge in [-0.15, -0.1) is 5.10 Å². The Labute approximate surface area is 215 Å². The average molecular weight is 536 g/mol. The number of aliphatic hydroxyl groups is 1. The number of rotatable bonds is 5. The summed E-state index contributed by atoms with van der Waals surface area (Å²) >= 11 is 0. The maximum Gasteiger partial charge on any atom is 0.417 e. The van der Waals surface area contributed by atoms with Crippen molar-refractivity contribution < 1.29 is 27.8 Å². The number of carbonyl (C=O) groups is 1. The van der Waals surface area contributed by atoms with Crippen LogP contribution in [0.5, 0.6) is 5.88 Å². The van der Waals surface area contributed by atoms with Crippen molar-refractivity contribution in [1.29, 1.82) is 0 Å². The molecule has 1 saturated heterocycles. The number of H-pyrrole nitrogens is 1. The standard InChI is InChI=1S/C24H28F3N7O4/c1-32-12-13(24(25,26)27)9-17(22(32)36)29-23(37)33(2)14-5-7-34(8-6-14)15-10-16-20(28-11-15)30-31-21(16)38-19-4-3-18(19)35/h9-12,14,18-19,35H,3-8H2,1-2H3,(H,29,37)(H,28,30,31). The van der Waals surface area contributed by atoms with E-state index in [1.165, 1.54) is 11.9 Å². The minimum Gasteiger partial charge on any atom is -0.470 e. The fraction of sp³-hybridized carbons (Fsp3) is 0.500. The average Bonchev–Trinajstić information content (AvgIpc) is 3.29. The fourth-order valence-electron chi connectivity index (χ4n) is 4.70. The number of anilines is 2. The number of aromatic nitrogens is 4. The number of fused-ring (bicyclic) bond motifs is 1. The van der Waals surface area contributed by atoms with Crippen molar-refractivity contribution in [2.45, 2.75) is 50.1 Å². The third kappa shape index (κ3) is 4.99. The highest BCUT2D eigenvalue weighted by atomic mass is 19.4. The van der Waals surface area contributed by atoms with E-state index in [0.717, 1.165) is 16.7 Å². The Morgan fingerprint density at radius 3 is 2.61 bits per heavy atom. The number of carbonyl (C=O) groups excluding carboxylic acids is 1. The number of pyridine rings is 2. The van der Waals surface area contributed by atoms with Gasteiger partial charge >= 0.3 is 12.2 Å². The van der Waals surface area contributed by atoms with Gasteiger partial charge in [-0.25, -0.2) is 9.78 Å². The summed E-state index contributed by atoms with van der Waals surface area (Å²) in [6.45, 7) is 1.21. The number of piperidine rings is 1. The van der Waals surface area contributed by atoms with Crippen molar-refractivity contribution in [3.05, 3.63) is 40.4 Å². The van der Waals surface area contributed by atoms with Crippen molar-refractivity contribution in [1.82, 2.24) is 24.6 Å². The van der Waals surface area contributed by atoms with E-state index in [2.05, 4.69) is 25.4 Å². The van der Waals surface area contributed by atoms with E-state index in [0.29, 0.717) is 61.5 Å². The molecule has 14 heteroatoms. The molecular weight excluding hydrogens is 507 g/mol. The Kier molecular flexibility index (Phi) is 6.67. The van der Waals surface area contributed by atoms with Crippen molar-refractivity contribution in [2.24, 2.45) is 7.05 Å². The predicted molar refractivity (Wildman–Crippen MR) is 132 cm³/mol. The van der Waals surface area contributed by atoms with Crippen LogP contribution < -0.4 is 20.5 Å². The van der Waals surface area contributed by atoms with Gasteiger partial charge in [0.15, 0.2) is 5.65 Å². The maximum atomic E-state index is 13.2. The molecule has 2 atom stereocenters. The lowest BCUT2D eigenvalue weighted by Crippen LogP contribution is -2.47. The molecule has 3 N–H and O–H groups in total. The van der Waals surface area contributed by atoms with Gasteiger partial charge in [-0.2, -0.15) is 13.2 Å². The molecule has 0 radical (unpaired) electrons. The molecule has 11 nitrogen and oxygen atoms in total. The number of hydrogen-bond donors (Lipinski definition) is 3. The number of ether oxygens (including phenoxy) is 1. The molecule has 3 aromatic rings. The van der Waals surface area contributed by atoms with Gasteiger partial charge in [0.05, 0.1) is 28.9 Å². The number of aryl methyl sites for hydroxylation is 1. The van der Waals surface area contributed by atoms with Crippen LogP contribution in [0.4, 0.5) is 29.3 Å². The van der Waals surface area contributed by atoms with Crippen LogP contribution in [0.25, 0.3) is 11.0 Å². The third-order valence-electron chi connectivity index (χ3n) is 7.26. The molecule has 2 amide bonds. The van der Waals surface area contributed by atoms with Crippen molar-refractivity contribution in [2.75, 3.05) is 30.4 Å². The van der Waals surface area contributed by atoms with E-state index < -0.39 is 35.1 Å². The zero-order valence-electron chi connectivity index (χ0n) is 20.8. The summed E-state index contributed by atoms with van der Waals surface area (Å²) in [5, 5.41) is 19.9. The number of alkyl halides is 3. The predicted octanol–water partition coefficient (Wildman–Crippen LogP) is 2.71. The first-order chi connectivity index (χ1) is 18.0. The Morgan fingerprint density at radius 1 is 1.24 bits per heavy atom. The van der Waals surface area contributed by atoms with Crippen LogP contribution in [-0.4, -0.2) is 74.2 Å². The highest BCUT2D eigenvalue weighted by molar-refractivity contribution is 5.89. The number of aliphatic hydroxyl groups excluding tert-OH is 1. The zero-order chi connectivity index (χ0) is 27.2. The number of urea groups is 1. The molecule has 2 aliphatic rings. The molecule has 2 fully saturated rings. The van der Waals surface area contributed by atoms with Gasteiger partial charge in [-0.1, -0.05) is 0 Å². The van der Waals surface area contributed by atoms with Crippen LogP contribution in [0.1, 0.15) is 31.2 Å². The molecule has 2 unspecified atom stereocenters. The first-order valence-electron chi connectivity index (χ1n) is 12.3. The van der Waals surface area contributed by atoms with Gasteiger partial charge in [0.2, 0.25) is 5.88 Å². The Balaban J connectivity index is 1.22. The van der Waals surface area contributed by atoms with E-state index in [1.54, 1.807) is 13.2 Å². The van der Waals surface area contributed by atoms with Crippen LogP contribution in [0, 0.1) is 0 Å². The lowest BCUT2D eigenvalue weighted by molar-refractivity contribution is -0.138. The normalized spacial score (nSPS) is 20.3. The van der Waals surface area contributed by atoms with Crippen molar-refractivity contribution in [3.63, 3.8) is 0 Å². The van der Waals surface area contributed by atoms with E-state index in [4.69, 9.17) is 4.74 Å². The maximum absolute atomic E-state index is 13.2. The number of aromatic amines is 1. The van der Waals surface area contributed by atoms with Gasteiger partial charge in [0.1, 0.15) is 11.8 Å². The Morgan fingerprint density at radius 2 is 1.97 bits per heavy atom. The monoisotopic (exact) mass is 535 g/mol. The summed E-state index contributed by atoms with van der Waals surface area (Å²) in [7, 11) is 2.76. The number of halogens is 3. The summed E-state index contributed by atoms with van der Waals surface area (Å²) in [5.74, 6) is 0.394. The highest BCUT2D eigenvalue weighted by Crippen LogP contribution is 2.32. The highest BCUT2D eigenvalue weighted by Gasteiger charge is 2.34. The lowest BCUT2D eigenvalue weighted by atomic mass is 9.92. The van der Waals surface area contributed by atoms with Crippen LogP contribution in [0.2, 0.25) is 0 Å². The first kappa shape index (κ1) is 25.8. The summed E-state index contributed by atoms with van der Waals surface area (Å²) in [6, 6.07) is 1.75. The van der Waals surface area contributed by atoms with E-state index in [-0.39, 0.29) is 12.1 Å². The second-order valence-electron chi connectivity index (χ2n) is 9.73. The Hall–Kier alpha value is -3.81. The molecule has 1 aliphatic carbocycles. The van der Waals surface area contributed by atoms with Gasteiger partial charge < -0.3 is 29.5 Å². The number of nitrogens with one attached hydrogen (secondary N) is 2. The molecule has 0 aromatic carbocycles. The zero-order valence-corrected chi connectivity index (χ0v) is 20.8. The molecular formula is C24H28F3N7O4. The topological polar surface area (TPSA) is 129 Å². The smallest absolute Gasteiger partial charge is 0.417 e. The summed E-state index contributed by atoms with van der Waals surface area (Å²) < 4.78 is 46.1. The summed E-state index contributed by atoms with van der Waals surface area (Å²) in [5.41, 5.74) is -0.748. The van der Waals surface area contributed by atoms with Gasteiger partial charge in [0, 0.05) is 39.4 Å². The molecule has 0 bridgehead atoms. The van der Waals surface area contributed by atoms with E-state index in [1.807, 2.05) is 6.07 Å². The summed E-state index contributed by atoms with van der Waals surface area (Å²) in [4.78, 5) is 33.1. The van der Waals surface area contributed by atoms with Crippen LogP contribution >= 0.6 is 0 Å². The quantitative estimate of drug-likeness (QED) is 0.458. The van der Waals surface area contributed by atoms with E-state index >= 15 is 0 Å². The van der Waals surface area contributed by atoms with Gasteiger partial charge in [0.25, 0.3) is 5.56 Å². The van der Waals surface area contributed by atoms with Gasteiger partial charge in [-0.05, 0) is 37.8 Å². The second-order valence-corrected chi connectivity index (χ2v) is 9.73. The second kappa shape index (κ2) is 9.82. The van der Waals surface area contributed by atoms with Crippen LogP contribution in [0.15, 0.2) is 29.3 Å². The third-order valence-corrected chi connectivity index (χ3v) is 7.26. The van der Waals surface area contributed by atoms with Gasteiger partial charge in [-0.3, -0.25) is 9.89 Å². The molecule has 1 saturated carbocycles.